The predicted molar refractivity (Wildman–Crippen MR) is 109 cm³/mol. The summed E-state index contributed by atoms with van der Waals surface area (Å²) in [6.07, 6.45) is 2.84. The molecule has 30 heavy (non-hydrogen) atoms. The van der Waals surface area contributed by atoms with Crippen molar-refractivity contribution in [3.05, 3.63) is 76.9 Å². The van der Waals surface area contributed by atoms with E-state index in [2.05, 4.69) is 10.1 Å². The molecule has 1 aromatic carbocycles. The van der Waals surface area contributed by atoms with Crippen molar-refractivity contribution in [1.82, 2.24) is 19.7 Å². The fourth-order valence-corrected chi connectivity index (χ4v) is 3.70. The summed E-state index contributed by atoms with van der Waals surface area (Å²) in [4.78, 5) is 30.3. The highest BCUT2D eigenvalue weighted by atomic mass is 16.5. The molecule has 1 N–H and O–H groups in total. The van der Waals surface area contributed by atoms with Crippen LogP contribution in [0.2, 0.25) is 0 Å². The number of rotatable bonds is 6. The molecule has 0 saturated heterocycles. The van der Waals surface area contributed by atoms with Crippen LogP contribution in [0, 0.1) is 0 Å². The smallest absolute Gasteiger partial charge is 0.356 e. The first-order valence-corrected chi connectivity index (χ1v) is 9.72. The van der Waals surface area contributed by atoms with Crippen molar-refractivity contribution >= 4 is 11.9 Å². The van der Waals surface area contributed by atoms with Gasteiger partial charge in [-0.15, -0.1) is 0 Å². The van der Waals surface area contributed by atoms with Crippen molar-refractivity contribution in [2.45, 2.75) is 25.9 Å². The molecule has 1 amide bonds. The topological polar surface area (TPSA) is 97.5 Å². The average Bonchev–Trinajstić information content (AvgIpc) is 3.16. The Bertz CT molecular complexity index is 1060. The lowest BCUT2D eigenvalue weighted by Gasteiger charge is -2.27. The minimum atomic E-state index is -1.08. The molecule has 0 fully saturated rings. The number of aryl methyl sites for hydroxylation is 2. The number of aromatic carboxylic acids is 1. The number of ether oxygens (including phenoxy) is 1. The number of carboxylic acid groups (broad SMARTS) is 1. The first-order valence-electron chi connectivity index (χ1n) is 9.72. The summed E-state index contributed by atoms with van der Waals surface area (Å²) in [5, 5.41) is 14.0. The number of carbonyl (C=O) groups excluding carboxylic acids is 1. The summed E-state index contributed by atoms with van der Waals surface area (Å²) in [7, 11) is 1.63. The third-order valence-electron chi connectivity index (χ3n) is 5.28. The van der Waals surface area contributed by atoms with Gasteiger partial charge in [-0.3, -0.25) is 14.5 Å². The number of methoxy groups -OCH3 is 1. The second-order valence-corrected chi connectivity index (χ2v) is 7.09. The molecular formula is C22H22N4O4. The van der Waals surface area contributed by atoms with Crippen molar-refractivity contribution in [3.8, 4) is 5.75 Å². The number of pyridine rings is 1. The van der Waals surface area contributed by atoms with Crippen LogP contribution in [0.5, 0.6) is 5.75 Å². The second kappa shape index (κ2) is 8.36. The van der Waals surface area contributed by atoms with Crippen molar-refractivity contribution in [2.75, 3.05) is 13.7 Å². The highest BCUT2D eigenvalue weighted by Crippen LogP contribution is 2.24. The first kappa shape index (κ1) is 19.6. The minimum absolute atomic E-state index is 0.0123. The Hall–Kier alpha value is -3.68. The van der Waals surface area contributed by atoms with E-state index < -0.39 is 5.97 Å². The zero-order valence-corrected chi connectivity index (χ0v) is 16.6. The van der Waals surface area contributed by atoms with Crippen LogP contribution in [-0.4, -0.2) is 50.3 Å². The number of hydrogen-bond acceptors (Lipinski definition) is 5. The van der Waals surface area contributed by atoms with Gasteiger partial charge in [0.1, 0.15) is 11.4 Å². The summed E-state index contributed by atoms with van der Waals surface area (Å²) in [5.41, 5.74) is 2.96. The molecule has 0 radical (unpaired) electrons. The molecule has 0 aliphatic carbocycles. The minimum Gasteiger partial charge on any atom is -0.497 e. The summed E-state index contributed by atoms with van der Waals surface area (Å²) in [6, 6.07) is 12.9. The van der Waals surface area contributed by atoms with E-state index in [1.807, 2.05) is 24.3 Å². The molecular weight excluding hydrogens is 384 g/mol. The Balaban J connectivity index is 1.54. The zero-order chi connectivity index (χ0) is 21.1. The van der Waals surface area contributed by atoms with Gasteiger partial charge in [0, 0.05) is 37.0 Å². The highest BCUT2D eigenvalue weighted by Gasteiger charge is 2.30. The number of nitrogens with zero attached hydrogens (tertiary/aromatic N) is 4. The molecule has 1 aliphatic heterocycles. The number of hydrogen-bond donors (Lipinski definition) is 1. The molecule has 8 nitrogen and oxygen atoms in total. The molecule has 0 unspecified atom stereocenters. The van der Waals surface area contributed by atoms with Crippen LogP contribution in [0.4, 0.5) is 0 Å². The molecule has 0 atom stereocenters. The molecule has 1 aliphatic rings. The Morgan fingerprint density at radius 2 is 1.97 bits per heavy atom. The molecule has 0 bridgehead atoms. The Morgan fingerprint density at radius 1 is 1.17 bits per heavy atom. The highest BCUT2D eigenvalue weighted by molar-refractivity contribution is 5.93. The van der Waals surface area contributed by atoms with Crippen LogP contribution >= 0.6 is 0 Å². The standard InChI is InChI=1S/C22H22N4O4/c1-30-16-7-5-15(6-8-16)9-13-26-19-10-12-25(14-17(19)20(24-26)22(28)29)21(27)18-4-2-3-11-23-18/h2-8,11H,9-10,12-14H2,1H3,(H,28,29). The van der Waals surface area contributed by atoms with Crippen LogP contribution in [-0.2, 0) is 25.9 Å². The van der Waals surface area contributed by atoms with Crippen LogP contribution in [0.3, 0.4) is 0 Å². The molecule has 0 spiro atoms. The maximum atomic E-state index is 12.7. The third-order valence-corrected chi connectivity index (χ3v) is 5.28. The van der Waals surface area contributed by atoms with Crippen LogP contribution in [0.15, 0.2) is 48.7 Å². The van der Waals surface area contributed by atoms with E-state index in [0.717, 1.165) is 17.0 Å². The van der Waals surface area contributed by atoms with Crippen molar-refractivity contribution < 1.29 is 19.4 Å². The Morgan fingerprint density at radius 3 is 2.63 bits per heavy atom. The van der Waals surface area contributed by atoms with Gasteiger partial charge in [-0.25, -0.2) is 4.79 Å². The Labute approximate surface area is 173 Å². The van der Waals surface area contributed by atoms with Crippen molar-refractivity contribution in [3.63, 3.8) is 0 Å². The largest absolute Gasteiger partial charge is 0.497 e. The SMILES string of the molecule is COc1ccc(CCn2nc(C(=O)O)c3c2CCN(C(=O)c2ccccn2)C3)cc1. The number of benzene rings is 1. The van der Waals surface area contributed by atoms with Gasteiger partial charge >= 0.3 is 5.97 Å². The second-order valence-electron chi connectivity index (χ2n) is 7.09. The maximum absolute atomic E-state index is 12.7. The lowest BCUT2D eigenvalue weighted by Crippen LogP contribution is -2.37. The van der Waals surface area contributed by atoms with Gasteiger partial charge in [-0.1, -0.05) is 18.2 Å². The Kier molecular flexibility index (Phi) is 5.47. The van der Waals surface area contributed by atoms with Gasteiger partial charge in [-0.05, 0) is 36.2 Å². The van der Waals surface area contributed by atoms with Crippen molar-refractivity contribution in [2.24, 2.45) is 0 Å². The zero-order valence-electron chi connectivity index (χ0n) is 16.6. The summed E-state index contributed by atoms with van der Waals surface area (Å²) >= 11 is 0. The average molecular weight is 406 g/mol. The van der Waals surface area contributed by atoms with E-state index in [4.69, 9.17) is 4.74 Å². The fraction of sp³-hybridized carbons (Fsp3) is 0.273. The van der Waals surface area contributed by atoms with Gasteiger partial charge in [0.2, 0.25) is 0 Å². The van der Waals surface area contributed by atoms with Crippen LogP contribution < -0.4 is 4.74 Å². The van der Waals surface area contributed by atoms with Gasteiger partial charge in [-0.2, -0.15) is 5.10 Å². The van der Waals surface area contributed by atoms with E-state index >= 15 is 0 Å². The molecule has 154 valence electrons. The monoisotopic (exact) mass is 406 g/mol. The van der Waals surface area contributed by atoms with E-state index in [-0.39, 0.29) is 18.1 Å². The van der Waals surface area contributed by atoms with Gasteiger partial charge < -0.3 is 14.7 Å². The van der Waals surface area contributed by atoms with E-state index in [1.54, 1.807) is 41.1 Å². The van der Waals surface area contributed by atoms with E-state index in [9.17, 15) is 14.7 Å². The fourth-order valence-electron chi connectivity index (χ4n) is 3.70. The van der Waals surface area contributed by atoms with E-state index in [1.165, 1.54) is 0 Å². The number of aromatic nitrogens is 3. The van der Waals surface area contributed by atoms with Gasteiger partial charge in [0.15, 0.2) is 5.69 Å². The predicted octanol–water partition coefficient (Wildman–Crippen LogP) is 2.43. The first-order chi connectivity index (χ1) is 14.6. The number of amides is 1. The maximum Gasteiger partial charge on any atom is 0.356 e. The number of carbonyl (C=O) groups is 2. The molecule has 8 heteroatoms. The lowest BCUT2D eigenvalue weighted by atomic mass is 10.0. The molecule has 2 aromatic heterocycles. The van der Waals surface area contributed by atoms with E-state index in [0.29, 0.717) is 37.2 Å². The number of carboxylic acids is 1. The third kappa shape index (κ3) is 3.89. The molecule has 3 aromatic rings. The quantitative estimate of drug-likeness (QED) is 0.675. The van der Waals surface area contributed by atoms with Crippen LogP contribution in [0.1, 0.15) is 37.8 Å². The normalized spacial score (nSPS) is 13.0. The molecule has 0 saturated carbocycles. The van der Waals surface area contributed by atoms with Gasteiger partial charge in [0.25, 0.3) is 5.91 Å². The number of fused-ring (bicyclic) bond motifs is 1. The summed E-state index contributed by atoms with van der Waals surface area (Å²) < 4.78 is 6.95. The van der Waals surface area contributed by atoms with Crippen molar-refractivity contribution in [1.29, 1.82) is 0 Å². The van der Waals surface area contributed by atoms with Gasteiger partial charge in [0.05, 0.1) is 13.7 Å². The molecule has 3 heterocycles. The summed E-state index contributed by atoms with van der Waals surface area (Å²) in [6.45, 7) is 1.28. The lowest BCUT2D eigenvalue weighted by molar-refractivity contribution is 0.0673. The molecule has 4 rings (SSSR count). The van der Waals surface area contributed by atoms with Crippen LogP contribution in [0.25, 0.3) is 0 Å². The summed E-state index contributed by atoms with van der Waals surface area (Å²) in [5.74, 6) is -0.494.